The van der Waals surface area contributed by atoms with Crippen LogP contribution in [0.25, 0.3) is 0 Å². The highest BCUT2D eigenvalue weighted by Gasteiger charge is 2.53. The first-order valence-electron chi connectivity index (χ1n) is 6.92. The molecule has 0 aromatic carbocycles. The van der Waals surface area contributed by atoms with Crippen molar-refractivity contribution < 1.29 is 17.2 Å². The Hall–Kier alpha value is -1.09. The second-order valence-corrected chi connectivity index (χ2v) is 7.63. The first-order valence-corrected chi connectivity index (χ1v) is 8.57. The van der Waals surface area contributed by atoms with Gasteiger partial charge in [0.15, 0.2) is 0 Å². The van der Waals surface area contributed by atoms with Crippen LogP contribution in [0.15, 0.2) is 12.7 Å². The highest BCUT2D eigenvalue weighted by Crippen LogP contribution is 2.48. The normalized spacial score (nSPS) is 25.9. The van der Waals surface area contributed by atoms with E-state index in [2.05, 4.69) is 14.9 Å². The molecule has 0 saturated heterocycles. The molecule has 0 amide bonds. The van der Waals surface area contributed by atoms with Gasteiger partial charge < -0.3 is 4.57 Å². The maximum absolute atomic E-state index is 14.0. The predicted octanol–water partition coefficient (Wildman–Crippen LogP) is 1.41. The van der Waals surface area contributed by atoms with Crippen LogP contribution in [-0.2, 0) is 16.6 Å². The first kappa shape index (κ1) is 16.3. The summed E-state index contributed by atoms with van der Waals surface area (Å²) in [6, 6.07) is 0. The third-order valence-electron chi connectivity index (χ3n) is 4.02. The number of nitrogens with zero attached hydrogens (tertiary/aromatic N) is 3. The van der Waals surface area contributed by atoms with Crippen LogP contribution >= 0.6 is 0 Å². The van der Waals surface area contributed by atoms with Crippen molar-refractivity contribution in [3.63, 3.8) is 0 Å². The average Bonchev–Trinajstić information content (AvgIpc) is 2.85. The van der Waals surface area contributed by atoms with E-state index in [1.165, 1.54) is 19.6 Å². The summed E-state index contributed by atoms with van der Waals surface area (Å²) in [6.07, 6.45) is 4.01. The molecule has 1 heterocycles. The summed E-state index contributed by atoms with van der Waals surface area (Å²) in [7, 11) is -3.75. The van der Waals surface area contributed by atoms with Gasteiger partial charge in [-0.05, 0) is 12.8 Å². The van der Waals surface area contributed by atoms with E-state index in [9.17, 15) is 17.2 Å². The molecule has 120 valence electrons. The van der Waals surface area contributed by atoms with E-state index in [1.807, 2.05) is 0 Å². The Bertz CT molecular complexity index is 562. The summed E-state index contributed by atoms with van der Waals surface area (Å²) < 4.78 is 56.1. The van der Waals surface area contributed by atoms with Crippen LogP contribution in [0.2, 0.25) is 0 Å². The largest absolute Gasteiger partial charge is 0.319 e. The molecule has 1 aromatic heterocycles. The Balaban J connectivity index is 1.93. The highest BCUT2D eigenvalue weighted by molar-refractivity contribution is 7.89. The molecule has 1 aromatic rings. The number of halogens is 2. The van der Waals surface area contributed by atoms with Gasteiger partial charge in [-0.3, -0.25) is 0 Å². The van der Waals surface area contributed by atoms with Gasteiger partial charge in [-0.15, -0.1) is 10.2 Å². The van der Waals surface area contributed by atoms with E-state index in [1.54, 1.807) is 4.57 Å². The van der Waals surface area contributed by atoms with Gasteiger partial charge in [0.1, 0.15) is 12.7 Å². The van der Waals surface area contributed by atoms with Gasteiger partial charge in [0, 0.05) is 24.9 Å². The van der Waals surface area contributed by atoms with Crippen LogP contribution in [0.3, 0.4) is 0 Å². The smallest absolute Gasteiger partial charge is 0.254 e. The van der Waals surface area contributed by atoms with E-state index < -0.39 is 27.1 Å². The molecular weight excluding hydrogens is 302 g/mol. The molecule has 0 radical (unpaired) electrons. The Morgan fingerprint density at radius 2 is 1.86 bits per heavy atom. The summed E-state index contributed by atoms with van der Waals surface area (Å²) in [5.74, 6) is -3.48. The maximum atomic E-state index is 14.0. The SMILES string of the molecule is CC1(CS(=O)(=O)NCCn2cnnc2)CCCCC1(F)F. The Morgan fingerprint density at radius 1 is 1.24 bits per heavy atom. The third kappa shape index (κ3) is 3.97. The molecule has 2 rings (SSSR count). The predicted molar refractivity (Wildman–Crippen MR) is 73.3 cm³/mol. The molecule has 1 N–H and O–H groups in total. The van der Waals surface area contributed by atoms with E-state index in [4.69, 9.17) is 0 Å². The van der Waals surface area contributed by atoms with Crippen molar-refractivity contribution in [3.05, 3.63) is 12.7 Å². The number of hydrogen-bond donors (Lipinski definition) is 1. The van der Waals surface area contributed by atoms with Gasteiger partial charge in [0.25, 0.3) is 5.92 Å². The summed E-state index contributed by atoms with van der Waals surface area (Å²) in [5, 5.41) is 7.19. The molecule has 1 saturated carbocycles. The van der Waals surface area contributed by atoms with Gasteiger partial charge in [-0.1, -0.05) is 13.3 Å². The molecule has 1 unspecified atom stereocenters. The molecular formula is C12H20F2N4O2S. The fraction of sp³-hybridized carbons (Fsp3) is 0.833. The van der Waals surface area contributed by atoms with Crippen molar-refractivity contribution >= 4 is 10.0 Å². The molecule has 1 aliphatic rings. The number of nitrogens with one attached hydrogen (secondary N) is 1. The van der Waals surface area contributed by atoms with Gasteiger partial charge in [-0.25, -0.2) is 21.9 Å². The number of rotatable bonds is 6. The summed E-state index contributed by atoms with van der Waals surface area (Å²) in [4.78, 5) is 0. The molecule has 1 fully saturated rings. The van der Waals surface area contributed by atoms with E-state index in [-0.39, 0.29) is 19.4 Å². The topological polar surface area (TPSA) is 76.9 Å². The van der Waals surface area contributed by atoms with Gasteiger partial charge >= 0.3 is 0 Å². The highest BCUT2D eigenvalue weighted by atomic mass is 32.2. The zero-order chi connectivity index (χ0) is 15.6. The number of sulfonamides is 1. The molecule has 0 aliphatic heterocycles. The zero-order valence-corrected chi connectivity index (χ0v) is 12.7. The molecule has 0 bridgehead atoms. The summed E-state index contributed by atoms with van der Waals surface area (Å²) >= 11 is 0. The first-order chi connectivity index (χ1) is 9.74. The number of alkyl halides is 2. The minimum atomic E-state index is -3.75. The fourth-order valence-corrected chi connectivity index (χ4v) is 4.36. The summed E-state index contributed by atoms with van der Waals surface area (Å²) in [6.45, 7) is 1.85. The monoisotopic (exact) mass is 322 g/mol. The average molecular weight is 322 g/mol. The Labute approximate surface area is 123 Å². The van der Waals surface area contributed by atoms with Crippen molar-refractivity contribution in [2.75, 3.05) is 12.3 Å². The van der Waals surface area contributed by atoms with E-state index >= 15 is 0 Å². The van der Waals surface area contributed by atoms with Gasteiger partial charge in [0.2, 0.25) is 10.0 Å². The zero-order valence-electron chi connectivity index (χ0n) is 11.9. The second-order valence-electron chi connectivity index (χ2n) is 5.83. The van der Waals surface area contributed by atoms with Crippen LogP contribution in [0, 0.1) is 5.41 Å². The molecule has 1 atom stereocenters. The van der Waals surface area contributed by atoms with Crippen molar-refractivity contribution in [1.82, 2.24) is 19.5 Å². The lowest BCUT2D eigenvalue weighted by molar-refractivity contribution is -0.130. The van der Waals surface area contributed by atoms with Crippen LogP contribution < -0.4 is 4.72 Å². The van der Waals surface area contributed by atoms with Crippen LogP contribution in [0.5, 0.6) is 0 Å². The third-order valence-corrected chi connectivity index (χ3v) is 5.68. The van der Waals surface area contributed by atoms with Crippen LogP contribution in [0.4, 0.5) is 8.78 Å². The van der Waals surface area contributed by atoms with Gasteiger partial charge in [-0.2, -0.15) is 0 Å². The lowest BCUT2D eigenvalue weighted by Gasteiger charge is -2.40. The number of aromatic nitrogens is 3. The molecule has 1 aliphatic carbocycles. The van der Waals surface area contributed by atoms with E-state index in [0.29, 0.717) is 19.4 Å². The minimum absolute atomic E-state index is 0.127. The van der Waals surface area contributed by atoms with Crippen molar-refractivity contribution in [3.8, 4) is 0 Å². The molecule has 9 heteroatoms. The van der Waals surface area contributed by atoms with Crippen molar-refractivity contribution in [2.24, 2.45) is 5.41 Å². The molecule has 21 heavy (non-hydrogen) atoms. The van der Waals surface area contributed by atoms with Crippen LogP contribution in [-0.4, -0.2) is 41.4 Å². The standard InChI is InChI=1S/C12H20F2N4O2S/c1-11(4-2-3-5-12(11,13)14)8-21(19,20)17-6-7-18-9-15-16-10-18/h9-10,17H,2-8H2,1H3. The second kappa shape index (κ2) is 5.96. The Morgan fingerprint density at radius 3 is 2.48 bits per heavy atom. The van der Waals surface area contributed by atoms with Gasteiger partial charge in [0.05, 0.1) is 5.75 Å². The lowest BCUT2D eigenvalue weighted by Crippen LogP contribution is -2.48. The van der Waals surface area contributed by atoms with Crippen molar-refractivity contribution in [2.45, 2.75) is 45.1 Å². The molecule has 0 spiro atoms. The minimum Gasteiger partial charge on any atom is -0.319 e. The van der Waals surface area contributed by atoms with Crippen LogP contribution in [0.1, 0.15) is 32.6 Å². The summed E-state index contributed by atoms with van der Waals surface area (Å²) in [5.41, 5.74) is -1.49. The fourth-order valence-electron chi connectivity index (χ4n) is 2.66. The molecule has 6 nitrogen and oxygen atoms in total. The quantitative estimate of drug-likeness (QED) is 0.859. The lowest BCUT2D eigenvalue weighted by atomic mass is 9.74. The van der Waals surface area contributed by atoms with E-state index in [0.717, 1.165) is 0 Å². The Kier molecular flexibility index (Phi) is 4.62. The maximum Gasteiger partial charge on any atom is 0.254 e. The van der Waals surface area contributed by atoms with Crippen molar-refractivity contribution in [1.29, 1.82) is 0 Å². The number of hydrogen-bond acceptors (Lipinski definition) is 4.